The van der Waals surface area contributed by atoms with Crippen molar-refractivity contribution < 1.29 is 9.90 Å². The van der Waals surface area contributed by atoms with E-state index < -0.39 is 11.5 Å². The molecule has 2 N–H and O–H groups in total. The van der Waals surface area contributed by atoms with Gasteiger partial charge in [0.2, 0.25) is 0 Å². The third kappa shape index (κ3) is 3.21. The first-order valence-electron chi connectivity index (χ1n) is 7.66. The minimum absolute atomic E-state index is 0.325. The second-order valence-electron chi connectivity index (χ2n) is 6.00. The van der Waals surface area contributed by atoms with E-state index in [9.17, 15) is 9.90 Å². The van der Waals surface area contributed by atoms with Crippen LogP contribution in [-0.2, 0) is 16.8 Å². The Morgan fingerprint density at radius 1 is 1.30 bits per heavy atom. The first-order valence-corrected chi connectivity index (χ1v) is 7.66. The molecule has 0 radical (unpaired) electrons. The third-order valence-electron chi connectivity index (χ3n) is 4.35. The van der Waals surface area contributed by atoms with E-state index in [4.69, 9.17) is 0 Å². The Bertz CT molecular complexity index is 449. The molecule has 1 aromatic rings. The maximum atomic E-state index is 11.8. The number of rotatable bonds is 6. The number of carboxylic acids is 1. The number of aryl methyl sites for hydroxylation is 1. The molecule has 3 heteroatoms. The highest BCUT2D eigenvalue weighted by Crippen LogP contribution is 2.27. The topological polar surface area (TPSA) is 49.3 Å². The molecule has 0 aliphatic heterocycles. The summed E-state index contributed by atoms with van der Waals surface area (Å²) in [5, 5.41) is 13.0. The van der Waals surface area contributed by atoms with Crippen LogP contribution in [0.3, 0.4) is 0 Å². The highest BCUT2D eigenvalue weighted by atomic mass is 16.4. The Morgan fingerprint density at radius 2 is 1.90 bits per heavy atom. The predicted octanol–water partition coefficient (Wildman–Crippen LogP) is 3.47. The van der Waals surface area contributed by atoms with Crippen LogP contribution >= 0.6 is 0 Å². The Hall–Kier alpha value is -1.35. The van der Waals surface area contributed by atoms with Crippen molar-refractivity contribution in [2.45, 2.75) is 64.0 Å². The van der Waals surface area contributed by atoms with Crippen LogP contribution < -0.4 is 5.32 Å². The largest absolute Gasteiger partial charge is 0.480 e. The molecule has 1 unspecified atom stereocenters. The molecule has 1 atom stereocenters. The Kier molecular flexibility index (Phi) is 4.81. The first-order chi connectivity index (χ1) is 9.56. The molecule has 0 bridgehead atoms. The number of benzene rings is 1. The van der Waals surface area contributed by atoms with Crippen molar-refractivity contribution in [1.82, 2.24) is 5.32 Å². The van der Waals surface area contributed by atoms with Crippen LogP contribution in [0, 0.1) is 0 Å². The summed E-state index contributed by atoms with van der Waals surface area (Å²) in [7, 11) is 0. The molecule has 0 amide bonds. The van der Waals surface area contributed by atoms with E-state index in [0.717, 1.165) is 31.2 Å². The maximum absolute atomic E-state index is 11.8. The van der Waals surface area contributed by atoms with Gasteiger partial charge in [0.05, 0.1) is 0 Å². The molecule has 1 fully saturated rings. The molecule has 1 aliphatic carbocycles. The normalized spacial score (nSPS) is 18.9. The summed E-state index contributed by atoms with van der Waals surface area (Å²) < 4.78 is 0. The lowest BCUT2D eigenvalue weighted by atomic mass is 9.89. The summed E-state index contributed by atoms with van der Waals surface area (Å²) in [5.74, 6) is -0.798. The zero-order chi connectivity index (χ0) is 14.6. The fraction of sp³-hybridized carbons (Fsp3) is 0.588. The van der Waals surface area contributed by atoms with Crippen LogP contribution in [0.2, 0.25) is 0 Å². The van der Waals surface area contributed by atoms with Crippen molar-refractivity contribution in [2.24, 2.45) is 0 Å². The van der Waals surface area contributed by atoms with Crippen LogP contribution in [0.5, 0.6) is 0 Å². The van der Waals surface area contributed by atoms with E-state index >= 15 is 0 Å². The molecule has 2 rings (SSSR count). The molecule has 1 saturated carbocycles. The second kappa shape index (κ2) is 6.40. The van der Waals surface area contributed by atoms with Gasteiger partial charge in [-0.1, -0.05) is 50.5 Å². The molecule has 1 aromatic carbocycles. The quantitative estimate of drug-likeness (QED) is 0.835. The Labute approximate surface area is 121 Å². The van der Waals surface area contributed by atoms with Crippen molar-refractivity contribution in [2.75, 3.05) is 0 Å². The smallest absolute Gasteiger partial charge is 0.328 e. The predicted molar refractivity (Wildman–Crippen MR) is 80.8 cm³/mol. The summed E-state index contributed by atoms with van der Waals surface area (Å²) in [6, 6.07) is 8.35. The number of hydrogen-bond acceptors (Lipinski definition) is 2. The molecule has 3 nitrogen and oxygen atoms in total. The zero-order valence-corrected chi connectivity index (χ0v) is 12.5. The van der Waals surface area contributed by atoms with Crippen molar-refractivity contribution in [3.8, 4) is 0 Å². The van der Waals surface area contributed by atoms with Gasteiger partial charge in [-0.15, -0.1) is 0 Å². The van der Waals surface area contributed by atoms with E-state index in [0.29, 0.717) is 6.04 Å². The van der Waals surface area contributed by atoms with E-state index in [1.165, 1.54) is 18.4 Å². The SMILES string of the molecule is CCCc1ccc(C(C)(NC2CCCC2)C(=O)O)cc1. The molecule has 0 heterocycles. The summed E-state index contributed by atoms with van der Waals surface area (Å²) in [6.07, 6.45) is 6.70. The molecule has 0 aromatic heterocycles. The molecule has 1 aliphatic rings. The van der Waals surface area contributed by atoms with Gasteiger partial charge < -0.3 is 5.11 Å². The van der Waals surface area contributed by atoms with Crippen LogP contribution in [0.4, 0.5) is 0 Å². The highest BCUT2D eigenvalue weighted by molar-refractivity contribution is 5.80. The summed E-state index contributed by atoms with van der Waals surface area (Å²) >= 11 is 0. The van der Waals surface area contributed by atoms with Gasteiger partial charge in [-0.25, -0.2) is 4.79 Å². The molecule has 0 saturated heterocycles. The summed E-state index contributed by atoms with van der Waals surface area (Å²) in [5.41, 5.74) is 1.13. The lowest BCUT2D eigenvalue weighted by Crippen LogP contribution is -2.50. The average molecular weight is 275 g/mol. The number of hydrogen-bond donors (Lipinski definition) is 2. The monoisotopic (exact) mass is 275 g/mol. The lowest BCUT2D eigenvalue weighted by Gasteiger charge is -2.30. The minimum Gasteiger partial charge on any atom is -0.480 e. The number of carbonyl (C=O) groups is 1. The van der Waals surface area contributed by atoms with Gasteiger partial charge in [-0.05, 0) is 37.3 Å². The highest BCUT2D eigenvalue weighted by Gasteiger charge is 2.37. The van der Waals surface area contributed by atoms with Crippen molar-refractivity contribution in [1.29, 1.82) is 0 Å². The van der Waals surface area contributed by atoms with Gasteiger partial charge >= 0.3 is 5.97 Å². The van der Waals surface area contributed by atoms with Crippen LogP contribution in [0.1, 0.15) is 57.1 Å². The van der Waals surface area contributed by atoms with Crippen molar-refractivity contribution in [3.05, 3.63) is 35.4 Å². The first kappa shape index (κ1) is 15.0. The van der Waals surface area contributed by atoms with E-state index in [1.807, 2.05) is 12.1 Å². The summed E-state index contributed by atoms with van der Waals surface area (Å²) in [4.78, 5) is 11.8. The number of carboxylic acid groups (broad SMARTS) is 1. The molecule has 0 spiro atoms. The zero-order valence-electron chi connectivity index (χ0n) is 12.5. The Balaban J connectivity index is 2.19. The fourth-order valence-corrected chi connectivity index (χ4v) is 3.04. The van der Waals surface area contributed by atoms with Gasteiger partial charge in [-0.2, -0.15) is 0 Å². The third-order valence-corrected chi connectivity index (χ3v) is 4.35. The number of aliphatic carboxylic acids is 1. The van der Waals surface area contributed by atoms with E-state index in [1.54, 1.807) is 6.92 Å². The van der Waals surface area contributed by atoms with E-state index in [-0.39, 0.29) is 0 Å². The van der Waals surface area contributed by atoms with Gasteiger partial charge in [0, 0.05) is 6.04 Å². The van der Waals surface area contributed by atoms with Crippen molar-refractivity contribution >= 4 is 5.97 Å². The second-order valence-corrected chi connectivity index (χ2v) is 6.00. The average Bonchev–Trinajstić information content (AvgIpc) is 2.92. The molecular weight excluding hydrogens is 250 g/mol. The minimum atomic E-state index is -0.986. The van der Waals surface area contributed by atoms with Crippen LogP contribution in [0.15, 0.2) is 24.3 Å². The fourth-order valence-electron chi connectivity index (χ4n) is 3.04. The number of nitrogens with one attached hydrogen (secondary N) is 1. The van der Waals surface area contributed by atoms with Gasteiger partial charge in [0.15, 0.2) is 0 Å². The molecule has 110 valence electrons. The van der Waals surface area contributed by atoms with Gasteiger partial charge in [0.1, 0.15) is 5.54 Å². The van der Waals surface area contributed by atoms with Gasteiger partial charge in [-0.3, -0.25) is 5.32 Å². The van der Waals surface area contributed by atoms with Crippen LogP contribution in [0.25, 0.3) is 0 Å². The molecule has 20 heavy (non-hydrogen) atoms. The standard InChI is InChI=1S/C17H25NO2/c1-3-6-13-9-11-14(12-10-13)17(2,16(19)20)18-15-7-4-5-8-15/h9-12,15,18H,3-8H2,1-2H3,(H,19,20). The summed E-state index contributed by atoms with van der Waals surface area (Å²) in [6.45, 7) is 3.93. The van der Waals surface area contributed by atoms with Gasteiger partial charge in [0.25, 0.3) is 0 Å². The van der Waals surface area contributed by atoms with Crippen molar-refractivity contribution in [3.63, 3.8) is 0 Å². The lowest BCUT2D eigenvalue weighted by molar-refractivity contribution is -0.145. The van der Waals surface area contributed by atoms with Crippen LogP contribution in [-0.4, -0.2) is 17.1 Å². The van der Waals surface area contributed by atoms with E-state index in [2.05, 4.69) is 24.4 Å². The Morgan fingerprint density at radius 3 is 2.40 bits per heavy atom. The molecular formula is C17H25NO2. The maximum Gasteiger partial charge on any atom is 0.328 e.